The second-order valence-corrected chi connectivity index (χ2v) is 5.86. The summed E-state index contributed by atoms with van der Waals surface area (Å²) in [7, 11) is 0. The highest BCUT2D eigenvalue weighted by molar-refractivity contribution is 5.66. The minimum atomic E-state index is -1.55. The van der Waals surface area contributed by atoms with E-state index in [0.29, 0.717) is 11.3 Å². The molecule has 1 fully saturated rings. The average Bonchev–Trinajstić information content (AvgIpc) is 2.65. The van der Waals surface area contributed by atoms with Gasteiger partial charge in [0.1, 0.15) is 49.1 Å². The molecule has 1 heterocycles. The predicted molar refractivity (Wildman–Crippen MR) is 90.6 cm³/mol. The molecule has 9 heteroatoms. The van der Waals surface area contributed by atoms with Gasteiger partial charge < -0.3 is 39.4 Å². The summed E-state index contributed by atoms with van der Waals surface area (Å²) in [5.74, 6) is 2.37. The van der Waals surface area contributed by atoms with Crippen molar-refractivity contribution in [2.24, 2.45) is 0 Å². The highest BCUT2D eigenvalue weighted by Gasteiger charge is 2.44. The highest BCUT2D eigenvalue weighted by Crippen LogP contribution is 2.29. The fourth-order valence-corrected chi connectivity index (χ4v) is 2.46. The number of carbonyl (C=O) groups is 1. The third-order valence-electron chi connectivity index (χ3n) is 3.88. The van der Waals surface area contributed by atoms with Gasteiger partial charge in [-0.05, 0) is 12.1 Å². The van der Waals surface area contributed by atoms with Gasteiger partial charge >= 0.3 is 5.97 Å². The monoisotopic (exact) mass is 382 g/mol. The minimum Gasteiger partial charge on any atom is -0.480 e. The number of carbonyl (C=O) groups excluding carboxylic acids is 1. The molecule has 0 amide bonds. The van der Waals surface area contributed by atoms with Gasteiger partial charge in [-0.15, -0.1) is 6.42 Å². The standard InChI is InChI=1S/C18H22O9/c1-3-6-24-13-7-12(5-4-11(13)9-25-10(2)20)26-18-17(23)16(22)15(21)14(8-19)27-18/h1,4-5,7,14-19,21-23H,6,8-9H2,2H3/t14-,15-,16+,17-,18-/m1/s1. The van der Waals surface area contributed by atoms with Gasteiger partial charge in [0.15, 0.2) is 0 Å². The lowest BCUT2D eigenvalue weighted by Gasteiger charge is -2.39. The van der Waals surface area contributed by atoms with E-state index in [-0.39, 0.29) is 19.0 Å². The van der Waals surface area contributed by atoms with Crippen LogP contribution in [-0.2, 0) is 20.9 Å². The van der Waals surface area contributed by atoms with Crippen molar-refractivity contribution in [1.82, 2.24) is 0 Å². The Labute approximate surface area is 156 Å². The Hall–Kier alpha value is -2.35. The fraction of sp³-hybridized carbons (Fsp3) is 0.500. The number of hydrogen-bond acceptors (Lipinski definition) is 9. The largest absolute Gasteiger partial charge is 0.480 e. The topological polar surface area (TPSA) is 135 Å². The zero-order chi connectivity index (χ0) is 20.0. The van der Waals surface area contributed by atoms with Gasteiger partial charge in [0, 0.05) is 18.6 Å². The van der Waals surface area contributed by atoms with Gasteiger partial charge in [-0.2, -0.15) is 0 Å². The first-order valence-corrected chi connectivity index (χ1v) is 8.17. The van der Waals surface area contributed by atoms with Crippen LogP contribution < -0.4 is 9.47 Å². The normalized spacial score (nSPS) is 27.5. The van der Waals surface area contributed by atoms with E-state index in [1.807, 2.05) is 0 Å². The first kappa shape index (κ1) is 21.0. The number of aliphatic hydroxyl groups is 4. The smallest absolute Gasteiger partial charge is 0.302 e. The van der Waals surface area contributed by atoms with Crippen molar-refractivity contribution in [2.45, 2.75) is 44.2 Å². The van der Waals surface area contributed by atoms with E-state index in [2.05, 4.69) is 5.92 Å². The minimum absolute atomic E-state index is 0.0312. The molecule has 0 aromatic heterocycles. The first-order valence-electron chi connectivity index (χ1n) is 8.17. The maximum absolute atomic E-state index is 11.0. The van der Waals surface area contributed by atoms with E-state index in [4.69, 9.17) is 25.4 Å². The Bertz CT molecular complexity index is 682. The molecule has 1 aromatic rings. The van der Waals surface area contributed by atoms with Crippen LogP contribution in [0.15, 0.2) is 18.2 Å². The van der Waals surface area contributed by atoms with E-state index < -0.39 is 43.3 Å². The molecule has 1 aliphatic rings. The van der Waals surface area contributed by atoms with E-state index >= 15 is 0 Å². The molecular formula is C18H22O9. The van der Waals surface area contributed by atoms with E-state index in [0.717, 1.165) is 0 Å². The summed E-state index contributed by atoms with van der Waals surface area (Å²) in [6.45, 7) is 0.646. The van der Waals surface area contributed by atoms with E-state index in [1.165, 1.54) is 19.1 Å². The van der Waals surface area contributed by atoms with Crippen molar-refractivity contribution in [2.75, 3.05) is 13.2 Å². The van der Waals surface area contributed by atoms with Gasteiger partial charge in [0.05, 0.1) is 6.61 Å². The number of esters is 1. The average molecular weight is 382 g/mol. The summed E-state index contributed by atoms with van der Waals surface area (Å²) in [6, 6.07) is 4.55. The van der Waals surface area contributed by atoms with Crippen molar-refractivity contribution in [1.29, 1.82) is 0 Å². The second kappa shape index (κ2) is 9.55. The van der Waals surface area contributed by atoms with Crippen molar-refractivity contribution >= 4 is 5.97 Å². The lowest BCUT2D eigenvalue weighted by atomic mass is 9.99. The Morgan fingerprint density at radius 3 is 2.63 bits per heavy atom. The Balaban J connectivity index is 2.17. The van der Waals surface area contributed by atoms with E-state index in [1.54, 1.807) is 6.07 Å². The molecule has 9 nitrogen and oxygen atoms in total. The third-order valence-corrected chi connectivity index (χ3v) is 3.88. The highest BCUT2D eigenvalue weighted by atomic mass is 16.7. The number of rotatable bonds is 7. The Morgan fingerprint density at radius 1 is 1.26 bits per heavy atom. The lowest BCUT2D eigenvalue weighted by molar-refractivity contribution is -0.277. The molecule has 4 N–H and O–H groups in total. The molecule has 1 aliphatic heterocycles. The number of terminal acetylenes is 1. The fourth-order valence-electron chi connectivity index (χ4n) is 2.46. The summed E-state index contributed by atoms with van der Waals surface area (Å²) in [6.07, 6.45) is -1.81. The zero-order valence-corrected chi connectivity index (χ0v) is 14.6. The number of hydrogen-bond donors (Lipinski definition) is 4. The molecule has 0 spiro atoms. The van der Waals surface area contributed by atoms with Crippen LogP contribution in [0.3, 0.4) is 0 Å². The van der Waals surface area contributed by atoms with Crippen molar-refractivity contribution < 1.29 is 44.2 Å². The molecule has 27 heavy (non-hydrogen) atoms. The van der Waals surface area contributed by atoms with Crippen molar-refractivity contribution in [3.05, 3.63) is 23.8 Å². The lowest BCUT2D eigenvalue weighted by Crippen LogP contribution is -2.60. The van der Waals surface area contributed by atoms with Crippen LogP contribution in [0.1, 0.15) is 12.5 Å². The molecule has 148 valence electrons. The van der Waals surface area contributed by atoms with Gasteiger partial charge in [-0.1, -0.05) is 5.92 Å². The SMILES string of the molecule is C#CCOc1cc(O[C@@H]2O[C@H](CO)[C@@H](O)[C@H](O)[C@H]2O)ccc1COC(C)=O. The van der Waals surface area contributed by atoms with Crippen LogP contribution in [0, 0.1) is 12.3 Å². The van der Waals surface area contributed by atoms with Gasteiger partial charge in [0.2, 0.25) is 6.29 Å². The maximum atomic E-state index is 11.0. The van der Waals surface area contributed by atoms with Gasteiger partial charge in [0.25, 0.3) is 0 Å². The number of benzene rings is 1. The molecule has 2 rings (SSSR count). The molecule has 5 atom stereocenters. The molecule has 0 bridgehead atoms. The summed E-state index contributed by atoms with van der Waals surface area (Å²) in [4.78, 5) is 11.0. The molecular weight excluding hydrogens is 360 g/mol. The summed E-state index contributed by atoms with van der Waals surface area (Å²) in [5, 5.41) is 38.9. The van der Waals surface area contributed by atoms with Crippen LogP contribution in [0.25, 0.3) is 0 Å². The van der Waals surface area contributed by atoms with Crippen LogP contribution in [0.2, 0.25) is 0 Å². The van der Waals surface area contributed by atoms with Crippen molar-refractivity contribution in [3.8, 4) is 23.8 Å². The second-order valence-electron chi connectivity index (χ2n) is 5.86. The zero-order valence-electron chi connectivity index (χ0n) is 14.6. The van der Waals surface area contributed by atoms with Crippen LogP contribution in [-0.4, -0.2) is 70.3 Å². The maximum Gasteiger partial charge on any atom is 0.302 e. The number of ether oxygens (including phenoxy) is 4. The molecule has 1 saturated heterocycles. The Morgan fingerprint density at radius 2 is 2.00 bits per heavy atom. The van der Waals surface area contributed by atoms with Crippen molar-refractivity contribution in [3.63, 3.8) is 0 Å². The quantitative estimate of drug-likeness (QED) is 0.344. The predicted octanol–water partition coefficient (Wildman–Crippen LogP) is -1.06. The van der Waals surface area contributed by atoms with Crippen LogP contribution in [0.5, 0.6) is 11.5 Å². The molecule has 1 aromatic carbocycles. The summed E-state index contributed by atoms with van der Waals surface area (Å²) >= 11 is 0. The number of aliphatic hydroxyl groups excluding tert-OH is 4. The molecule has 0 unspecified atom stereocenters. The van der Waals surface area contributed by atoms with Gasteiger partial charge in [-0.25, -0.2) is 0 Å². The summed E-state index contributed by atoms with van der Waals surface area (Å²) < 4.78 is 21.2. The van der Waals surface area contributed by atoms with Crippen LogP contribution in [0.4, 0.5) is 0 Å². The molecule has 0 saturated carbocycles. The van der Waals surface area contributed by atoms with E-state index in [9.17, 15) is 25.2 Å². The third kappa shape index (κ3) is 5.32. The molecule has 0 aliphatic carbocycles. The van der Waals surface area contributed by atoms with Crippen LogP contribution >= 0.6 is 0 Å². The Kier molecular flexibility index (Phi) is 7.41. The van der Waals surface area contributed by atoms with Gasteiger partial charge in [-0.3, -0.25) is 4.79 Å². The molecule has 0 radical (unpaired) electrons. The summed E-state index contributed by atoms with van der Waals surface area (Å²) in [5.41, 5.74) is 0.543. The first-order chi connectivity index (χ1) is 12.9.